The van der Waals surface area contributed by atoms with Crippen molar-refractivity contribution in [2.45, 2.75) is 45.1 Å². The van der Waals surface area contributed by atoms with Crippen molar-refractivity contribution in [3.05, 3.63) is 24.3 Å². The van der Waals surface area contributed by atoms with Crippen LogP contribution in [-0.2, 0) is 33.5 Å². The molecule has 184 valence electrons. The lowest BCUT2D eigenvalue weighted by molar-refractivity contribution is -0.162. The molecule has 2 heterocycles. The third-order valence-corrected chi connectivity index (χ3v) is 8.98. The Hall–Kier alpha value is -3.10. The molecule has 8 atom stereocenters. The minimum absolute atomic E-state index is 0.0669. The minimum atomic E-state index is -1.14. The van der Waals surface area contributed by atoms with Crippen LogP contribution in [0.5, 0.6) is 0 Å². The van der Waals surface area contributed by atoms with Crippen LogP contribution < -0.4 is 0 Å². The Kier molecular flexibility index (Phi) is 4.76. The van der Waals surface area contributed by atoms with E-state index in [0.29, 0.717) is 0 Å². The van der Waals surface area contributed by atoms with E-state index in [-0.39, 0.29) is 90.4 Å². The Morgan fingerprint density at radius 2 is 1.20 bits per heavy atom. The van der Waals surface area contributed by atoms with Gasteiger partial charge in [0, 0.05) is 6.54 Å². The zero-order valence-electron chi connectivity index (χ0n) is 19.7. The van der Waals surface area contributed by atoms with Gasteiger partial charge in [0.25, 0.3) is 0 Å². The lowest BCUT2D eigenvalue weighted by Gasteiger charge is -2.34. The van der Waals surface area contributed by atoms with Crippen LogP contribution in [0.3, 0.4) is 0 Å². The van der Waals surface area contributed by atoms with Gasteiger partial charge in [0.15, 0.2) is 0 Å². The molecule has 2 saturated heterocycles. The van der Waals surface area contributed by atoms with Crippen molar-refractivity contribution in [2.24, 2.45) is 47.3 Å². The van der Waals surface area contributed by atoms with E-state index in [4.69, 9.17) is 4.74 Å². The number of carbonyl (C=O) groups is 6. The summed E-state index contributed by atoms with van der Waals surface area (Å²) in [5.74, 6) is -3.82. The molecule has 6 rings (SSSR count). The fraction of sp³-hybridized carbons (Fsp3) is 0.615. The van der Waals surface area contributed by atoms with Crippen LogP contribution in [0.25, 0.3) is 0 Å². The van der Waals surface area contributed by atoms with Gasteiger partial charge in [-0.05, 0) is 50.4 Å². The number of allylic oxidation sites excluding steroid dienone is 4. The van der Waals surface area contributed by atoms with E-state index in [2.05, 4.69) is 0 Å². The molecular weight excluding hydrogens is 452 g/mol. The fourth-order valence-electron chi connectivity index (χ4n) is 7.53. The quantitative estimate of drug-likeness (QED) is 0.243. The first-order valence-electron chi connectivity index (χ1n) is 12.4. The summed E-state index contributed by atoms with van der Waals surface area (Å²) in [7, 11) is 0. The molecule has 0 aromatic heterocycles. The zero-order chi connectivity index (χ0) is 24.8. The molecule has 0 radical (unpaired) electrons. The molecule has 0 spiro atoms. The monoisotopic (exact) mass is 480 g/mol. The van der Waals surface area contributed by atoms with Gasteiger partial charge in [-0.15, -0.1) is 0 Å². The molecule has 9 nitrogen and oxygen atoms in total. The maximum absolute atomic E-state index is 13.1. The molecule has 2 aliphatic heterocycles. The van der Waals surface area contributed by atoms with Gasteiger partial charge in [0.1, 0.15) is 0 Å². The van der Waals surface area contributed by atoms with Crippen LogP contribution in [0.2, 0.25) is 0 Å². The fourth-order valence-corrected chi connectivity index (χ4v) is 7.53. The zero-order valence-corrected chi connectivity index (χ0v) is 19.7. The lowest BCUT2D eigenvalue weighted by Crippen LogP contribution is -2.50. The van der Waals surface area contributed by atoms with Crippen molar-refractivity contribution in [1.82, 2.24) is 9.80 Å². The summed E-state index contributed by atoms with van der Waals surface area (Å²) in [5, 5.41) is 0. The van der Waals surface area contributed by atoms with Gasteiger partial charge < -0.3 is 4.74 Å². The van der Waals surface area contributed by atoms with Crippen molar-refractivity contribution in [2.75, 3.05) is 6.54 Å². The van der Waals surface area contributed by atoms with Gasteiger partial charge in [0.05, 0.1) is 42.1 Å². The molecule has 0 aromatic carbocycles. The highest BCUT2D eigenvalue weighted by Crippen LogP contribution is 2.54. The highest BCUT2D eigenvalue weighted by atomic mass is 16.6. The lowest BCUT2D eigenvalue weighted by atomic mass is 9.85. The largest absolute Gasteiger partial charge is 0.393 e. The molecule has 4 fully saturated rings. The Morgan fingerprint density at radius 3 is 1.66 bits per heavy atom. The predicted octanol–water partition coefficient (Wildman–Crippen LogP) is 1.23. The highest BCUT2D eigenvalue weighted by molar-refractivity contribution is 6.08. The Balaban J connectivity index is 1.03. The first-order chi connectivity index (χ1) is 16.6. The second-order valence-corrected chi connectivity index (χ2v) is 11.4. The van der Waals surface area contributed by atoms with Crippen LogP contribution in [0.15, 0.2) is 24.3 Å². The van der Waals surface area contributed by atoms with Crippen molar-refractivity contribution >= 4 is 35.6 Å². The number of nitrogens with zero attached hydrogens (tertiary/aromatic N) is 2. The Bertz CT molecular complexity index is 1080. The molecular formula is C26H28N2O7. The molecule has 6 aliphatic rings. The van der Waals surface area contributed by atoms with Crippen LogP contribution in [0.1, 0.15) is 39.5 Å². The molecule has 0 N–H and O–H groups in total. The first-order valence-corrected chi connectivity index (χ1v) is 12.4. The van der Waals surface area contributed by atoms with Crippen molar-refractivity contribution in [3.8, 4) is 0 Å². The van der Waals surface area contributed by atoms with E-state index in [0.717, 1.165) is 17.7 Å². The van der Waals surface area contributed by atoms with E-state index in [1.807, 2.05) is 24.3 Å². The Labute approximate surface area is 202 Å². The molecule has 8 unspecified atom stereocenters. The average Bonchev–Trinajstić information content (AvgIpc) is 3.60. The summed E-state index contributed by atoms with van der Waals surface area (Å²) in [5.41, 5.74) is -1.14. The summed E-state index contributed by atoms with van der Waals surface area (Å²) >= 11 is 0. The van der Waals surface area contributed by atoms with Crippen molar-refractivity contribution < 1.29 is 33.5 Å². The third-order valence-electron chi connectivity index (χ3n) is 8.98. The number of hydrogen-bond acceptors (Lipinski definition) is 7. The van der Waals surface area contributed by atoms with Gasteiger partial charge >= 0.3 is 11.9 Å². The molecule has 35 heavy (non-hydrogen) atoms. The van der Waals surface area contributed by atoms with Gasteiger partial charge in [-0.1, -0.05) is 24.3 Å². The molecule has 0 aromatic rings. The van der Waals surface area contributed by atoms with E-state index < -0.39 is 17.5 Å². The minimum Gasteiger partial charge on any atom is -0.393 e. The number of amides is 4. The number of fused-ring (bicyclic) bond motifs is 10. The predicted molar refractivity (Wildman–Crippen MR) is 118 cm³/mol. The molecule has 2 saturated carbocycles. The maximum atomic E-state index is 13.1. The third kappa shape index (κ3) is 3.12. The number of likely N-dealkylation sites (tertiary alicyclic amines) is 2. The SMILES string of the molecule is CC(C)(CC(=O)OC(=O)CCN1C(=O)C2C3C=CC(C3)C2C1=O)N1C(=O)C2C3C=CC(C3)C2C1=O. The normalized spacial score (nSPS) is 38.2. The summed E-state index contributed by atoms with van der Waals surface area (Å²) in [6, 6.07) is 0. The smallest absolute Gasteiger partial charge is 0.315 e. The highest BCUT2D eigenvalue weighted by Gasteiger charge is 2.62. The molecule has 9 heteroatoms. The van der Waals surface area contributed by atoms with Crippen LogP contribution in [0.4, 0.5) is 0 Å². The second-order valence-electron chi connectivity index (χ2n) is 11.4. The topological polar surface area (TPSA) is 118 Å². The summed E-state index contributed by atoms with van der Waals surface area (Å²) in [6.45, 7) is 3.11. The number of rotatable bonds is 6. The van der Waals surface area contributed by atoms with E-state index in [1.165, 1.54) is 4.90 Å². The summed E-state index contributed by atoms with van der Waals surface area (Å²) in [6.07, 6.45) is 9.05. The molecule has 4 aliphatic carbocycles. The number of esters is 2. The number of carbonyl (C=O) groups excluding carboxylic acids is 6. The molecule has 4 amide bonds. The summed E-state index contributed by atoms with van der Waals surface area (Å²) in [4.78, 5) is 78.8. The summed E-state index contributed by atoms with van der Waals surface area (Å²) < 4.78 is 4.94. The second kappa shape index (κ2) is 7.45. The van der Waals surface area contributed by atoms with E-state index >= 15 is 0 Å². The Morgan fingerprint density at radius 1 is 0.771 bits per heavy atom. The number of ether oxygens (including phenoxy) is 1. The average molecular weight is 481 g/mol. The van der Waals surface area contributed by atoms with Gasteiger partial charge in [0.2, 0.25) is 23.6 Å². The van der Waals surface area contributed by atoms with E-state index in [9.17, 15) is 28.8 Å². The van der Waals surface area contributed by atoms with Gasteiger partial charge in [-0.2, -0.15) is 0 Å². The van der Waals surface area contributed by atoms with E-state index in [1.54, 1.807) is 13.8 Å². The van der Waals surface area contributed by atoms with Crippen molar-refractivity contribution in [3.63, 3.8) is 0 Å². The van der Waals surface area contributed by atoms with Crippen molar-refractivity contribution in [1.29, 1.82) is 0 Å². The number of hydrogen-bond donors (Lipinski definition) is 0. The number of imide groups is 2. The van der Waals surface area contributed by atoms with Crippen LogP contribution in [0, 0.1) is 47.3 Å². The maximum Gasteiger partial charge on any atom is 0.315 e. The molecule has 4 bridgehead atoms. The standard InChI is InChI=1S/C26H28N2O7/c1-26(2,28-24(33)20-14-5-6-15(10-14)21(20)25(28)34)11-17(30)35-16(29)7-8-27-22(31)18-12-3-4-13(9-12)19(18)23(27)32/h3-6,12-15,18-21H,7-11H2,1-2H3. The first kappa shape index (κ1) is 22.4. The van der Waals surface area contributed by atoms with Crippen LogP contribution in [-0.4, -0.2) is 57.5 Å². The van der Waals surface area contributed by atoms with Gasteiger partial charge in [-0.25, -0.2) is 0 Å². The van der Waals surface area contributed by atoms with Gasteiger partial charge in [-0.3, -0.25) is 38.6 Å². The van der Waals surface area contributed by atoms with Crippen LogP contribution >= 0.6 is 0 Å².